The minimum absolute atomic E-state index is 0.0238. The molecule has 2 saturated heterocycles. The lowest BCUT2D eigenvalue weighted by Crippen LogP contribution is -2.55. The van der Waals surface area contributed by atoms with E-state index in [1.54, 1.807) is 11.8 Å². The summed E-state index contributed by atoms with van der Waals surface area (Å²) in [4.78, 5) is 23.2. The van der Waals surface area contributed by atoms with Gasteiger partial charge in [-0.05, 0) is 0 Å². The second-order valence-corrected chi connectivity index (χ2v) is 4.64. The molecule has 0 aromatic rings. The van der Waals surface area contributed by atoms with E-state index in [-0.39, 0.29) is 16.5 Å². The summed E-state index contributed by atoms with van der Waals surface area (Å²) in [7, 11) is 0. The smallest absolute Gasteiger partial charge is 0.327 e. The van der Waals surface area contributed by atoms with Crippen molar-refractivity contribution in [3.8, 4) is 0 Å². The van der Waals surface area contributed by atoms with Crippen LogP contribution in [0.15, 0.2) is 0 Å². The number of carboxylic acid groups (broad SMARTS) is 1. The number of carbonyl (C=O) groups is 2. The Morgan fingerprint density at radius 2 is 2.42 bits per heavy atom. The lowest BCUT2D eigenvalue weighted by Gasteiger charge is -2.35. The summed E-state index contributed by atoms with van der Waals surface area (Å²) < 4.78 is 0. The SMILES string of the molecule is CC1SC2CC(=O)N2C1C(=O)O. The summed E-state index contributed by atoms with van der Waals surface area (Å²) in [6.45, 7) is 1.86. The predicted octanol–water partition coefficient (Wildman–Crippen LogP) is 0.133. The maximum absolute atomic E-state index is 11.0. The normalized spacial score (nSPS) is 39.2. The van der Waals surface area contributed by atoms with Crippen LogP contribution in [0.5, 0.6) is 0 Å². The van der Waals surface area contributed by atoms with E-state index < -0.39 is 12.0 Å². The Kier molecular flexibility index (Phi) is 1.57. The second kappa shape index (κ2) is 2.39. The van der Waals surface area contributed by atoms with Gasteiger partial charge in [0, 0.05) is 5.25 Å². The number of carbonyl (C=O) groups excluding carboxylic acids is 1. The number of rotatable bonds is 1. The summed E-state index contributed by atoms with van der Waals surface area (Å²) in [5, 5.41) is 8.98. The van der Waals surface area contributed by atoms with Crippen molar-refractivity contribution in [1.82, 2.24) is 4.90 Å². The van der Waals surface area contributed by atoms with Crippen LogP contribution in [0.2, 0.25) is 0 Å². The van der Waals surface area contributed by atoms with Crippen molar-refractivity contribution in [3.63, 3.8) is 0 Å². The lowest BCUT2D eigenvalue weighted by atomic mass is 10.1. The first-order valence-corrected chi connectivity index (χ1v) is 4.75. The van der Waals surface area contributed by atoms with Crippen LogP contribution in [0.4, 0.5) is 0 Å². The van der Waals surface area contributed by atoms with Crippen molar-refractivity contribution >= 4 is 23.6 Å². The van der Waals surface area contributed by atoms with Gasteiger partial charge >= 0.3 is 5.97 Å². The number of nitrogens with zero attached hydrogens (tertiary/aromatic N) is 1. The maximum Gasteiger partial charge on any atom is 0.327 e. The molecule has 1 amide bonds. The van der Waals surface area contributed by atoms with Crippen molar-refractivity contribution in [2.45, 2.75) is 30.0 Å². The first-order chi connectivity index (χ1) is 5.61. The number of amides is 1. The van der Waals surface area contributed by atoms with Gasteiger partial charge in [-0.1, -0.05) is 6.92 Å². The molecule has 0 saturated carbocycles. The van der Waals surface area contributed by atoms with Crippen molar-refractivity contribution in [2.24, 2.45) is 0 Å². The molecule has 0 spiro atoms. The van der Waals surface area contributed by atoms with Crippen molar-refractivity contribution in [1.29, 1.82) is 0 Å². The largest absolute Gasteiger partial charge is 0.480 e. The Morgan fingerprint density at radius 3 is 2.83 bits per heavy atom. The van der Waals surface area contributed by atoms with E-state index in [0.29, 0.717) is 6.42 Å². The van der Waals surface area contributed by atoms with Gasteiger partial charge in [0.25, 0.3) is 0 Å². The van der Waals surface area contributed by atoms with Gasteiger partial charge in [0.2, 0.25) is 5.91 Å². The van der Waals surface area contributed by atoms with Gasteiger partial charge in [0.1, 0.15) is 6.04 Å². The third-order valence-corrected chi connectivity index (χ3v) is 3.71. The van der Waals surface area contributed by atoms with Gasteiger partial charge < -0.3 is 10.0 Å². The number of thioether (sulfide) groups is 1. The fourth-order valence-electron chi connectivity index (χ4n) is 1.72. The first-order valence-electron chi connectivity index (χ1n) is 3.80. The van der Waals surface area contributed by atoms with Gasteiger partial charge in [-0.3, -0.25) is 4.79 Å². The van der Waals surface area contributed by atoms with Crippen LogP contribution in [-0.4, -0.2) is 38.5 Å². The van der Waals surface area contributed by atoms with E-state index in [2.05, 4.69) is 0 Å². The van der Waals surface area contributed by atoms with Crippen molar-refractivity contribution in [3.05, 3.63) is 0 Å². The summed E-state index contributed by atoms with van der Waals surface area (Å²) >= 11 is 1.58. The molecular weight excluding hydrogens is 178 g/mol. The lowest BCUT2D eigenvalue weighted by molar-refractivity contribution is -0.156. The minimum Gasteiger partial charge on any atom is -0.480 e. The molecule has 2 rings (SSSR count). The van der Waals surface area contributed by atoms with Crippen LogP contribution < -0.4 is 0 Å². The molecule has 3 atom stereocenters. The zero-order chi connectivity index (χ0) is 8.88. The maximum atomic E-state index is 11.0. The van der Waals surface area contributed by atoms with Crippen molar-refractivity contribution < 1.29 is 14.7 Å². The molecule has 2 aliphatic rings. The number of hydrogen-bond donors (Lipinski definition) is 1. The Labute approximate surface area is 73.9 Å². The van der Waals surface area contributed by atoms with Gasteiger partial charge in [-0.15, -0.1) is 11.8 Å². The highest BCUT2D eigenvalue weighted by molar-refractivity contribution is 8.00. The van der Waals surface area contributed by atoms with Crippen LogP contribution in [0.1, 0.15) is 13.3 Å². The average molecular weight is 187 g/mol. The van der Waals surface area contributed by atoms with Crippen molar-refractivity contribution in [2.75, 3.05) is 0 Å². The first kappa shape index (κ1) is 7.91. The molecule has 0 aromatic heterocycles. The van der Waals surface area contributed by atoms with Crippen LogP contribution in [0, 0.1) is 0 Å². The summed E-state index contributed by atoms with van der Waals surface area (Å²) in [6, 6.07) is -0.596. The molecule has 0 aromatic carbocycles. The molecule has 66 valence electrons. The fourth-order valence-corrected chi connectivity index (χ4v) is 3.23. The molecule has 2 fully saturated rings. The Bertz CT molecular complexity index is 255. The molecule has 0 bridgehead atoms. The standard InChI is InChI=1S/C7H9NO3S/c1-3-6(7(10)11)8-4(9)2-5(8)12-3/h3,5-6H,2H2,1H3,(H,10,11). The zero-order valence-corrected chi connectivity index (χ0v) is 7.37. The van der Waals surface area contributed by atoms with Gasteiger partial charge in [-0.2, -0.15) is 0 Å². The molecule has 3 unspecified atom stereocenters. The predicted molar refractivity (Wildman–Crippen MR) is 43.7 cm³/mol. The van der Waals surface area contributed by atoms with Gasteiger partial charge in [0.05, 0.1) is 11.8 Å². The number of hydrogen-bond acceptors (Lipinski definition) is 3. The Morgan fingerprint density at radius 1 is 1.75 bits per heavy atom. The fraction of sp³-hybridized carbons (Fsp3) is 0.714. The van der Waals surface area contributed by atoms with E-state index in [4.69, 9.17) is 5.11 Å². The highest BCUT2D eigenvalue weighted by Crippen LogP contribution is 2.43. The number of β-lactam (4-membered cyclic amide) rings is 1. The molecule has 5 heteroatoms. The molecule has 12 heavy (non-hydrogen) atoms. The Hall–Kier alpha value is -0.710. The topological polar surface area (TPSA) is 57.6 Å². The highest BCUT2D eigenvalue weighted by atomic mass is 32.2. The summed E-state index contributed by atoms with van der Waals surface area (Å²) in [5.41, 5.74) is 0. The van der Waals surface area contributed by atoms with E-state index in [1.807, 2.05) is 6.92 Å². The summed E-state index contributed by atoms with van der Waals surface area (Å²) in [5.74, 6) is -0.908. The summed E-state index contributed by atoms with van der Waals surface area (Å²) in [6.07, 6.45) is 0.513. The van der Waals surface area contributed by atoms with Crippen LogP contribution in [0.3, 0.4) is 0 Å². The third kappa shape index (κ3) is 0.857. The molecule has 1 N–H and O–H groups in total. The average Bonchev–Trinajstić information content (AvgIpc) is 2.22. The van der Waals surface area contributed by atoms with E-state index in [1.165, 1.54) is 4.90 Å². The van der Waals surface area contributed by atoms with Crippen LogP contribution >= 0.6 is 11.8 Å². The molecule has 0 aliphatic carbocycles. The van der Waals surface area contributed by atoms with Gasteiger partial charge in [0.15, 0.2) is 0 Å². The Balaban J connectivity index is 2.21. The quantitative estimate of drug-likeness (QED) is 0.593. The minimum atomic E-state index is -0.884. The second-order valence-electron chi connectivity index (χ2n) is 3.08. The van der Waals surface area contributed by atoms with Gasteiger partial charge in [-0.25, -0.2) is 4.79 Å². The van der Waals surface area contributed by atoms with E-state index >= 15 is 0 Å². The van der Waals surface area contributed by atoms with Crippen LogP contribution in [0.25, 0.3) is 0 Å². The molecule has 2 heterocycles. The molecule has 0 radical (unpaired) electrons. The number of fused-ring (bicyclic) bond motifs is 1. The molecular formula is C7H9NO3S. The molecule has 2 aliphatic heterocycles. The third-order valence-electron chi connectivity index (χ3n) is 2.32. The number of carboxylic acids is 1. The molecule has 4 nitrogen and oxygen atoms in total. The van der Waals surface area contributed by atoms with E-state index in [0.717, 1.165) is 0 Å². The van der Waals surface area contributed by atoms with E-state index in [9.17, 15) is 9.59 Å². The zero-order valence-electron chi connectivity index (χ0n) is 6.56. The monoisotopic (exact) mass is 187 g/mol. The highest BCUT2D eigenvalue weighted by Gasteiger charge is 2.53. The van der Waals surface area contributed by atoms with Crippen LogP contribution in [-0.2, 0) is 9.59 Å². The number of aliphatic carboxylic acids is 1.